The number of β-lactam (4-membered cyclic amide) rings is 1. The van der Waals surface area contributed by atoms with Crippen LogP contribution in [0.4, 0.5) is 0 Å². The number of aromatic amines is 1. The van der Waals surface area contributed by atoms with Gasteiger partial charge in [-0.05, 0) is 56.9 Å². The normalized spacial score (nSPS) is 37.8. The Morgan fingerprint density at radius 1 is 1.15 bits per heavy atom. The van der Waals surface area contributed by atoms with Gasteiger partial charge in [0.1, 0.15) is 17.5 Å². The highest BCUT2D eigenvalue weighted by molar-refractivity contribution is 8.01. The summed E-state index contributed by atoms with van der Waals surface area (Å²) in [4.78, 5) is 29.9. The van der Waals surface area contributed by atoms with Crippen LogP contribution in [-0.4, -0.2) is 70.1 Å². The van der Waals surface area contributed by atoms with Crippen LogP contribution in [0.15, 0.2) is 0 Å². The lowest BCUT2D eigenvalue weighted by molar-refractivity contribution is -0.165. The third-order valence-electron chi connectivity index (χ3n) is 6.02. The van der Waals surface area contributed by atoms with Crippen molar-refractivity contribution in [1.82, 2.24) is 35.7 Å². The van der Waals surface area contributed by atoms with Crippen molar-refractivity contribution < 1.29 is 9.59 Å². The molecule has 0 bridgehead atoms. The molecule has 3 unspecified atom stereocenters. The summed E-state index contributed by atoms with van der Waals surface area (Å²) in [6.45, 7) is 8.17. The summed E-state index contributed by atoms with van der Waals surface area (Å²) < 4.78 is -0.244. The van der Waals surface area contributed by atoms with E-state index in [1.807, 2.05) is 18.7 Å². The van der Waals surface area contributed by atoms with Gasteiger partial charge in [0.2, 0.25) is 11.8 Å². The van der Waals surface area contributed by atoms with E-state index in [1.165, 1.54) is 0 Å². The van der Waals surface area contributed by atoms with Crippen molar-refractivity contribution in [2.45, 2.75) is 74.4 Å². The molecule has 1 saturated carbocycles. The van der Waals surface area contributed by atoms with E-state index >= 15 is 0 Å². The molecule has 1 aromatic rings. The van der Waals surface area contributed by atoms with Gasteiger partial charge < -0.3 is 9.80 Å². The maximum atomic E-state index is 13.2. The van der Waals surface area contributed by atoms with Gasteiger partial charge in [-0.3, -0.25) is 14.9 Å². The lowest BCUT2D eigenvalue weighted by atomic mass is 9.93. The van der Waals surface area contributed by atoms with Crippen molar-refractivity contribution in [1.29, 1.82) is 0 Å². The van der Waals surface area contributed by atoms with Crippen LogP contribution in [0.2, 0.25) is 0 Å². The number of fused-ring (bicyclic) bond motifs is 1. The van der Waals surface area contributed by atoms with Crippen LogP contribution in [0.25, 0.3) is 0 Å². The quantitative estimate of drug-likeness (QED) is 0.727. The van der Waals surface area contributed by atoms with E-state index in [9.17, 15) is 9.59 Å². The Kier molecular flexibility index (Phi) is 3.16. The Bertz CT molecular complexity index is 776. The molecule has 2 amide bonds. The predicted octanol–water partition coefficient (Wildman–Crippen LogP) is 0.250. The Morgan fingerprint density at radius 2 is 1.88 bits per heavy atom. The first-order valence-corrected chi connectivity index (χ1v) is 9.95. The Hall–Kier alpha value is -1.68. The van der Waals surface area contributed by atoms with E-state index in [0.29, 0.717) is 11.7 Å². The van der Waals surface area contributed by atoms with Crippen LogP contribution in [0.3, 0.4) is 0 Å². The second-order valence-electron chi connectivity index (χ2n) is 8.72. The molecule has 10 heteroatoms. The molecule has 2 N–H and O–H groups in total. The maximum Gasteiger partial charge on any atom is 0.250 e. The van der Waals surface area contributed by atoms with Crippen molar-refractivity contribution >= 4 is 23.6 Å². The Balaban J connectivity index is 1.46. The molecular weight excluding hydrogens is 354 g/mol. The van der Waals surface area contributed by atoms with Crippen molar-refractivity contribution in [2.24, 2.45) is 5.92 Å². The molecule has 1 aromatic heterocycles. The van der Waals surface area contributed by atoms with Crippen LogP contribution in [-0.2, 0) is 9.59 Å². The third-order valence-corrected chi connectivity index (χ3v) is 7.58. The number of amides is 2. The first-order valence-electron chi connectivity index (χ1n) is 9.07. The van der Waals surface area contributed by atoms with Crippen LogP contribution in [0.1, 0.15) is 52.4 Å². The minimum atomic E-state index is -0.520. The van der Waals surface area contributed by atoms with E-state index in [-0.39, 0.29) is 34.0 Å². The van der Waals surface area contributed by atoms with Crippen LogP contribution in [0.5, 0.6) is 0 Å². The summed E-state index contributed by atoms with van der Waals surface area (Å²) in [6, 6.07) is -0.802. The number of tetrazole rings is 1. The molecule has 0 aromatic carbocycles. The highest BCUT2D eigenvalue weighted by atomic mass is 32.2. The van der Waals surface area contributed by atoms with Crippen LogP contribution < -0.4 is 5.32 Å². The summed E-state index contributed by atoms with van der Waals surface area (Å²) in [5.74, 6) is 1.06. The zero-order valence-corrected chi connectivity index (χ0v) is 16.1. The molecule has 0 spiro atoms. The molecule has 5 rings (SSSR count). The molecule has 4 atom stereocenters. The number of nitrogens with one attached hydrogen (secondary N) is 2. The van der Waals surface area contributed by atoms with Gasteiger partial charge >= 0.3 is 0 Å². The van der Waals surface area contributed by atoms with Crippen molar-refractivity contribution in [2.75, 3.05) is 0 Å². The highest BCUT2D eigenvalue weighted by Crippen LogP contribution is 2.58. The zero-order valence-electron chi connectivity index (χ0n) is 15.3. The van der Waals surface area contributed by atoms with Gasteiger partial charge in [-0.1, -0.05) is 0 Å². The van der Waals surface area contributed by atoms with E-state index in [0.717, 1.165) is 12.8 Å². The van der Waals surface area contributed by atoms with Gasteiger partial charge in [0.25, 0.3) is 0 Å². The first-order chi connectivity index (χ1) is 12.2. The number of hydrogen-bond donors (Lipinski definition) is 2. The molecule has 9 nitrogen and oxygen atoms in total. The third kappa shape index (κ3) is 2.05. The van der Waals surface area contributed by atoms with Gasteiger partial charge in [-0.2, -0.15) is 0 Å². The Labute approximate surface area is 155 Å². The molecule has 3 aliphatic heterocycles. The first kappa shape index (κ1) is 16.5. The number of H-pyrrole nitrogens is 1. The van der Waals surface area contributed by atoms with E-state index in [2.05, 4.69) is 39.8 Å². The molecule has 1 aliphatic carbocycles. The maximum absolute atomic E-state index is 13.2. The molecule has 140 valence electrons. The molecule has 26 heavy (non-hydrogen) atoms. The van der Waals surface area contributed by atoms with E-state index < -0.39 is 11.7 Å². The lowest BCUT2D eigenvalue weighted by Crippen LogP contribution is -2.71. The Morgan fingerprint density at radius 3 is 2.50 bits per heavy atom. The summed E-state index contributed by atoms with van der Waals surface area (Å²) in [5.41, 5.74) is -0.520. The van der Waals surface area contributed by atoms with Crippen LogP contribution in [0, 0.1) is 5.92 Å². The largest absolute Gasteiger partial charge is 0.314 e. The highest BCUT2D eigenvalue weighted by Gasteiger charge is 2.68. The summed E-state index contributed by atoms with van der Waals surface area (Å²) in [7, 11) is 0. The number of carbonyl (C=O) groups is 2. The number of hydrogen-bond acceptors (Lipinski definition) is 7. The summed E-state index contributed by atoms with van der Waals surface area (Å²) in [6.07, 6.45) is 2.17. The second kappa shape index (κ2) is 4.98. The molecule has 0 radical (unpaired) electrons. The number of nitrogens with zero attached hydrogens (tertiary/aromatic N) is 5. The standard InChI is InChI=1S/C16H23N7O2S/c1-15(2)10(11-18-20-21-19-11)22-13(25)9(14(22)26-15)23-12(24)8(7-5-6-7)17-16(23,3)4/h7-10,14,17H,5-6H2,1-4H3,(H,18,19,20,21)/t8?,9?,10?,14-/m1/s1. The fourth-order valence-corrected chi connectivity index (χ4v) is 6.41. The minimum absolute atomic E-state index is 0.0193. The van der Waals surface area contributed by atoms with Gasteiger partial charge in [-0.25, -0.2) is 5.10 Å². The van der Waals surface area contributed by atoms with E-state index in [1.54, 1.807) is 16.7 Å². The molecular formula is C16H23N7O2S. The van der Waals surface area contributed by atoms with Gasteiger partial charge in [0.15, 0.2) is 5.82 Å². The predicted molar refractivity (Wildman–Crippen MR) is 93.6 cm³/mol. The summed E-state index contributed by atoms with van der Waals surface area (Å²) >= 11 is 1.72. The number of rotatable bonds is 3. The van der Waals surface area contributed by atoms with E-state index in [4.69, 9.17) is 0 Å². The number of aromatic nitrogens is 4. The monoisotopic (exact) mass is 377 g/mol. The average molecular weight is 377 g/mol. The fourth-order valence-electron chi connectivity index (χ4n) is 4.73. The fraction of sp³-hybridized carbons (Fsp3) is 0.812. The zero-order chi connectivity index (χ0) is 18.4. The van der Waals surface area contributed by atoms with Crippen molar-refractivity contribution in [3.63, 3.8) is 0 Å². The topological polar surface area (TPSA) is 107 Å². The number of thioether (sulfide) groups is 1. The molecule has 4 fully saturated rings. The van der Waals surface area contributed by atoms with Crippen molar-refractivity contribution in [3.05, 3.63) is 5.82 Å². The van der Waals surface area contributed by atoms with Gasteiger partial charge in [0.05, 0.1) is 11.7 Å². The summed E-state index contributed by atoms with van der Waals surface area (Å²) in [5, 5.41) is 17.6. The van der Waals surface area contributed by atoms with Gasteiger partial charge in [0, 0.05) is 4.75 Å². The lowest BCUT2D eigenvalue weighted by Gasteiger charge is -2.50. The van der Waals surface area contributed by atoms with Gasteiger partial charge in [-0.15, -0.1) is 16.9 Å². The average Bonchev–Trinajstić information content (AvgIpc) is 3.12. The van der Waals surface area contributed by atoms with Crippen molar-refractivity contribution in [3.8, 4) is 0 Å². The minimum Gasteiger partial charge on any atom is -0.314 e. The number of carbonyl (C=O) groups excluding carboxylic acids is 2. The second-order valence-corrected chi connectivity index (χ2v) is 10.5. The molecule has 4 aliphatic rings. The molecule has 3 saturated heterocycles. The smallest absolute Gasteiger partial charge is 0.250 e. The van der Waals surface area contributed by atoms with Crippen LogP contribution >= 0.6 is 11.8 Å². The SMILES string of the molecule is CC1(C)S[C@@H]2C(N3C(=O)C(C4CC4)NC3(C)C)C(=O)N2C1c1nnn[nH]1. The molecule has 4 heterocycles.